The highest BCUT2D eigenvalue weighted by molar-refractivity contribution is 14.1. The maximum atomic E-state index is 3.83. The third kappa shape index (κ3) is 3.41. The lowest BCUT2D eigenvalue weighted by atomic mass is 9.99. The molecule has 1 N–H and O–H groups in total. The average Bonchev–Trinajstić information content (AvgIpc) is 3.31. The van der Waals surface area contributed by atoms with E-state index in [2.05, 4.69) is 89.4 Å². The van der Waals surface area contributed by atoms with Gasteiger partial charge in [-0.15, -0.1) is 0 Å². The molecule has 1 saturated carbocycles. The van der Waals surface area contributed by atoms with Gasteiger partial charge in [-0.05, 0) is 71.5 Å². The fourth-order valence-corrected chi connectivity index (χ4v) is 3.07. The van der Waals surface area contributed by atoms with E-state index in [9.17, 15) is 0 Å². The van der Waals surface area contributed by atoms with Crippen molar-refractivity contribution in [1.82, 2.24) is 5.32 Å². The molecule has 0 saturated heterocycles. The van der Waals surface area contributed by atoms with Crippen LogP contribution in [0.15, 0.2) is 54.6 Å². The van der Waals surface area contributed by atoms with Crippen molar-refractivity contribution >= 4 is 22.6 Å². The Hall–Kier alpha value is -0.870. The molecule has 2 heteroatoms. The molecule has 0 spiro atoms. The SMILES string of the molecule is CC(NC(c1ccccc1)C1CC1)c1ccc(I)cc1. The number of nitrogens with one attached hydrogen (secondary N) is 1. The summed E-state index contributed by atoms with van der Waals surface area (Å²) >= 11 is 2.35. The second kappa shape index (κ2) is 6.27. The fourth-order valence-electron chi connectivity index (χ4n) is 2.71. The molecule has 1 aliphatic rings. The van der Waals surface area contributed by atoms with Gasteiger partial charge in [0.25, 0.3) is 0 Å². The van der Waals surface area contributed by atoms with E-state index in [1.165, 1.54) is 27.5 Å². The van der Waals surface area contributed by atoms with Crippen LogP contribution >= 0.6 is 22.6 Å². The van der Waals surface area contributed by atoms with E-state index >= 15 is 0 Å². The van der Waals surface area contributed by atoms with Crippen molar-refractivity contribution in [3.63, 3.8) is 0 Å². The maximum absolute atomic E-state index is 3.83. The van der Waals surface area contributed by atoms with Gasteiger partial charge in [0.2, 0.25) is 0 Å². The van der Waals surface area contributed by atoms with Crippen molar-refractivity contribution in [2.24, 2.45) is 5.92 Å². The Morgan fingerprint density at radius 3 is 2.20 bits per heavy atom. The van der Waals surface area contributed by atoms with Crippen LogP contribution in [-0.4, -0.2) is 0 Å². The summed E-state index contributed by atoms with van der Waals surface area (Å²) in [7, 11) is 0. The summed E-state index contributed by atoms with van der Waals surface area (Å²) in [5.41, 5.74) is 2.79. The van der Waals surface area contributed by atoms with Crippen LogP contribution in [0.25, 0.3) is 0 Å². The Morgan fingerprint density at radius 2 is 1.60 bits per heavy atom. The highest BCUT2D eigenvalue weighted by Crippen LogP contribution is 2.42. The summed E-state index contributed by atoms with van der Waals surface area (Å²) in [6.07, 6.45) is 2.71. The van der Waals surface area contributed by atoms with Gasteiger partial charge in [0.15, 0.2) is 0 Å². The zero-order valence-electron chi connectivity index (χ0n) is 11.7. The molecule has 0 bridgehead atoms. The van der Waals surface area contributed by atoms with E-state index < -0.39 is 0 Å². The molecular weight excluding hydrogens is 357 g/mol. The van der Waals surface area contributed by atoms with Crippen LogP contribution in [0.2, 0.25) is 0 Å². The number of benzene rings is 2. The molecule has 1 nitrogen and oxygen atoms in total. The number of rotatable bonds is 5. The summed E-state index contributed by atoms with van der Waals surface area (Å²) in [6, 6.07) is 20.6. The van der Waals surface area contributed by atoms with Crippen LogP contribution in [0.1, 0.15) is 43.0 Å². The molecule has 3 rings (SSSR count). The van der Waals surface area contributed by atoms with Gasteiger partial charge in [0.1, 0.15) is 0 Å². The molecule has 0 aromatic heterocycles. The highest BCUT2D eigenvalue weighted by Gasteiger charge is 2.32. The van der Waals surface area contributed by atoms with Gasteiger partial charge in [0.05, 0.1) is 0 Å². The predicted octanol–water partition coefficient (Wildman–Crippen LogP) is 5.09. The lowest BCUT2D eigenvalue weighted by molar-refractivity contribution is 0.427. The molecular formula is C18H20IN. The molecule has 0 aliphatic heterocycles. The third-order valence-corrected chi connectivity index (χ3v) is 4.77. The zero-order chi connectivity index (χ0) is 13.9. The Balaban J connectivity index is 1.75. The number of hydrogen-bond acceptors (Lipinski definition) is 1. The largest absolute Gasteiger partial charge is 0.303 e. The Kier molecular flexibility index (Phi) is 4.41. The lowest BCUT2D eigenvalue weighted by Crippen LogP contribution is -2.26. The quantitative estimate of drug-likeness (QED) is 0.716. The van der Waals surface area contributed by atoms with Gasteiger partial charge in [0, 0.05) is 15.7 Å². The van der Waals surface area contributed by atoms with E-state index in [0.29, 0.717) is 12.1 Å². The van der Waals surface area contributed by atoms with E-state index in [0.717, 1.165) is 5.92 Å². The van der Waals surface area contributed by atoms with Crippen molar-refractivity contribution in [2.75, 3.05) is 0 Å². The molecule has 2 unspecified atom stereocenters. The topological polar surface area (TPSA) is 12.0 Å². The molecule has 0 heterocycles. The summed E-state index contributed by atoms with van der Waals surface area (Å²) < 4.78 is 1.29. The molecule has 0 radical (unpaired) electrons. The van der Waals surface area contributed by atoms with Crippen molar-refractivity contribution in [1.29, 1.82) is 0 Å². The van der Waals surface area contributed by atoms with Crippen LogP contribution in [0.4, 0.5) is 0 Å². The monoisotopic (exact) mass is 377 g/mol. The minimum atomic E-state index is 0.387. The molecule has 2 aromatic carbocycles. The zero-order valence-corrected chi connectivity index (χ0v) is 13.9. The summed E-state index contributed by atoms with van der Waals surface area (Å²) in [4.78, 5) is 0. The van der Waals surface area contributed by atoms with Crippen molar-refractivity contribution in [3.8, 4) is 0 Å². The average molecular weight is 377 g/mol. The van der Waals surface area contributed by atoms with Gasteiger partial charge in [-0.3, -0.25) is 0 Å². The predicted molar refractivity (Wildman–Crippen MR) is 92.6 cm³/mol. The van der Waals surface area contributed by atoms with Gasteiger partial charge >= 0.3 is 0 Å². The molecule has 20 heavy (non-hydrogen) atoms. The van der Waals surface area contributed by atoms with Crippen molar-refractivity contribution in [3.05, 3.63) is 69.3 Å². The van der Waals surface area contributed by atoms with Gasteiger partial charge in [-0.25, -0.2) is 0 Å². The lowest BCUT2D eigenvalue weighted by Gasteiger charge is -2.24. The first-order valence-electron chi connectivity index (χ1n) is 7.30. The highest BCUT2D eigenvalue weighted by atomic mass is 127. The molecule has 104 valence electrons. The van der Waals surface area contributed by atoms with Gasteiger partial charge in [-0.2, -0.15) is 0 Å². The Bertz CT molecular complexity index is 545. The first-order chi connectivity index (χ1) is 9.74. The number of halogens is 1. The molecule has 1 fully saturated rings. The minimum absolute atomic E-state index is 0.387. The van der Waals surface area contributed by atoms with Crippen LogP contribution in [0.5, 0.6) is 0 Å². The standard InChI is InChI=1S/C18H20IN/c1-13(14-9-11-17(19)12-10-14)20-18(16-7-8-16)15-5-3-2-4-6-15/h2-6,9-13,16,18,20H,7-8H2,1H3. The van der Waals surface area contributed by atoms with Gasteiger partial charge in [-0.1, -0.05) is 42.5 Å². The first kappa shape index (κ1) is 14.1. The van der Waals surface area contributed by atoms with Crippen LogP contribution < -0.4 is 5.32 Å². The van der Waals surface area contributed by atoms with Crippen molar-refractivity contribution in [2.45, 2.75) is 31.8 Å². The van der Waals surface area contributed by atoms with E-state index in [-0.39, 0.29) is 0 Å². The Morgan fingerprint density at radius 1 is 0.950 bits per heavy atom. The second-order valence-electron chi connectivity index (χ2n) is 5.67. The van der Waals surface area contributed by atoms with Crippen LogP contribution in [0.3, 0.4) is 0 Å². The summed E-state index contributed by atoms with van der Waals surface area (Å²) in [5.74, 6) is 0.809. The normalized spacial score (nSPS) is 17.7. The molecule has 2 atom stereocenters. The maximum Gasteiger partial charge on any atom is 0.0353 e. The van der Waals surface area contributed by atoms with E-state index in [4.69, 9.17) is 0 Å². The smallest absolute Gasteiger partial charge is 0.0353 e. The third-order valence-electron chi connectivity index (χ3n) is 4.05. The van der Waals surface area contributed by atoms with Crippen LogP contribution in [-0.2, 0) is 0 Å². The van der Waals surface area contributed by atoms with E-state index in [1.807, 2.05) is 0 Å². The number of hydrogen-bond donors (Lipinski definition) is 1. The second-order valence-corrected chi connectivity index (χ2v) is 6.91. The molecule has 0 amide bonds. The summed E-state index contributed by atoms with van der Waals surface area (Å²) in [6.45, 7) is 2.26. The first-order valence-corrected chi connectivity index (χ1v) is 8.38. The van der Waals surface area contributed by atoms with Gasteiger partial charge < -0.3 is 5.32 Å². The van der Waals surface area contributed by atoms with E-state index in [1.54, 1.807) is 0 Å². The minimum Gasteiger partial charge on any atom is -0.303 e. The molecule has 2 aromatic rings. The Labute approximate surface area is 134 Å². The van der Waals surface area contributed by atoms with Crippen LogP contribution in [0, 0.1) is 9.49 Å². The summed E-state index contributed by atoms with van der Waals surface area (Å²) in [5, 5.41) is 3.83. The molecule has 1 aliphatic carbocycles. The van der Waals surface area contributed by atoms with Crippen molar-refractivity contribution < 1.29 is 0 Å². The fraction of sp³-hybridized carbons (Fsp3) is 0.333.